The van der Waals surface area contributed by atoms with Crippen molar-refractivity contribution in [2.75, 3.05) is 0 Å². The Morgan fingerprint density at radius 3 is 2.22 bits per heavy atom. The zero-order valence-corrected chi connectivity index (χ0v) is 12.1. The molecule has 0 aromatic heterocycles. The fourth-order valence-corrected chi connectivity index (χ4v) is 3.06. The van der Waals surface area contributed by atoms with Crippen LogP contribution in [0.3, 0.4) is 0 Å². The summed E-state index contributed by atoms with van der Waals surface area (Å²) in [5.41, 5.74) is -0.559. The second-order valence-electron chi connectivity index (χ2n) is 7.24. The number of likely N-dealkylation sites (tertiary alicyclic amines) is 1. The van der Waals surface area contributed by atoms with Crippen LogP contribution < -0.4 is 0 Å². The van der Waals surface area contributed by atoms with E-state index in [1.165, 1.54) is 4.90 Å². The van der Waals surface area contributed by atoms with Crippen molar-refractivity contribution < 1.29 is 9.90 Å². The molecule has 0 aromatic carbocycles. The quantitative estimate of drug-likeness (QED) is 0.717. The highest BCUT2D eigenvalue weighted by molar-refractivity contribution is 6.00. The first kappa shape index (κ1) is 13.4. The fraction of sp³-hybridized carbons (Fsp3) is 0.857. The predicted octanol–water partition coefficient (Wildman–Crippen LogP) is 3.52. The van der Waals surface area contributed by atoms with E-state index in [0.29, 0.717) is 0 Å². The van der Waals surface area contributed by atoms with Gasteiger partial charge in [0.1, 0.15) is 5.84 Å². The van der Waals surface area contributed by atoms with Crippen LogP contribution in [0, 0.1) is 5.41 Å². The van der Waals surface area contributed by atoms with Crippen molar-refractivity contribution in [2.24, 2.45) is 10.4 Å². The van der Waals surface area contributed by atoms with Crippen molar-refractivity contribution in [2.45, 2.75) is 71.4 Å². The summed E-state index contributed by atoms with van der Waals surface area (Å²) in [5.74, 6) is 0.780. The molecular weight excluding hydrogens is 228 g/mol. The van der Waals surface area contributed by atoms with Gasteiger partial charge in [0.05, 0.1) is 5.54 Å². The van der Waals surface area contributed by atoms with E-state index in [1.54, 1.807) is 0 Å². The maximum Gasteiger partial charge on any atom is 0.413 e. The van der Waals surface area contributed by atoms with Crippen LogP contribution in [0.25, 0.3) is 0 Å². The Morgan fingerprint density at radius 2 is 1.67 bits per heavy atom. The Morgan fingerprint density at radius 1 is 1.11 bits per heavy atom. The molecule has 0 spiro atoms. The van der Waals surface area contributed by atoms with Gasteiger partial charge < -0.3 is 5.11 Å². The monoisotopic (exact) mass is 252 g/mol. The molecule has 0 aromatic rings. The summed E-state index contributed by atoms with van der Waals surface area (Å²) in [4.78, 5) is 17.9. The minimum atomic E-state index is -0.873. The summed E-state index contributed by atoms with van der Waals surface area (Å²) in [6.07, 6.45) is 3.11. The number of hydrogen-bond acceptors (Lipinski definition) is 2. The van der Waals surface area contributed by atoms with Gasteiger partial charge in [0.25, 0.3) is 0 Å². The maximum absolute atomic E-state index is 11.6. The van der Waals surface area contributed by atoms with Crippen LogP contribution in [-0.4, -0.2) is 33.0 Å². The second kappa shape index (κ2) is 3.72. The molecule has 0 aliphatic carbocycles. The number of hydrogen-bond donors (Lipinski definition) is 1. The van der Waals surface area contributed by atoms with Crippen molar-refractivity contribution in [3.05, 3.63) is 0 Å². The highest BCUT2D eigenvalue weighted by Gasteiger charge is 2.50. The van der Waals surface area contributed by atoms with Gasteiger partial charge in [-0.2, -0.15) is 0 Å². The minimum Gasteiger partial charge on any atom is -0.465 e. The van der Waals surface area contributed by atoms with E-state index in [-0.39, 0.29) is 16.5 Å². The van der Waals surface area contributed by atoms with Gasteiger partial charge >= 0.3 is 6.09 Å². The molecule has 18 heavy (non-hydrogen) atoms. The minimum absolute atomic E-state index is 0.0660. The van der Waals surface area contributed by atoms with Crippen LogP contribution in [0.5, 0.6) is 0 Å². The van der Waals surface area contributed by atoms with Gasteiger partial charge in [-0.1, -0.05) is 6.92 Å². The third-order valence-corrected chi connectivity index (χ3v) is 4.53. The molecular formula is C14H24N2O2. The van der Waals surface area contributed by atoms with Crippen LogP contribution in [0.4, 0.5) is 4.79 Å². The SMILES string of the molecule is CC1(C)CCC2(C)CCC(C)(C)N(C(=O)O)C2=N1. The summed E-state index contributed by atoms with van der Waals surface area (Å²) >= 11 is 0. The number of amidine groups is 1. The fourth-order valence-electron chi connectivity index (χ4n) is 3.06. The molecule has 2 aliphatic heterocycles. The summed E-state index contributed by atoms with van der Waals surface area (Å²) in [5, 5.41) is 9.54. The van der Waals surface area contributed by atoms with E-state index in [9.17, 15) is 9.90 Å². The lowest BCUT2D eigenvalue weighted by Gasteiger charge is -2.52. The van der Waals surface area contributed by atoms with E-state index < -0.39 is 6.09 Å². The molecule has 1 N–H and O–H groups in total. The van der Waals surface area contributed by atoms with Crippen LogP contribution in [-0.2, 0) is 0 Å². The zero-order valence-electron chi connectivity index (χ0n) is 12.1. The summed E-state index contributed by atoms with van der Waals surface area (Å²) in [6.45, 7) is 10.3. The number of carbonyl (C=O) groups is 1. The van der Waals surface area contributed by atoms with Gasteiger partial charge in [-0.25, -0.2) is 4.79 Å². The van der Waals surface area contributed by atoms with Crippen LogP contribution in [0.1, 0.15) is 60.3 Å². The van der Waals surface area contributed by atoms with Gasteiger partial charge in [0.15, 0.2) is 0 Å². The standard InChI is InChI=1S/C14H24N2O2/c1-12(2)6-8-14(5)9-7-13(3,4)16(11(17)18)10(14)15-12/h6-9H2,1-5H3,(H,17,18). The maximum atomic E-state index is 11.6. The number of nitrogens with zero attached hydrogens (tertiary/aromatic N) is 2. The molecule has 2 heterocycles. The first-order valence-electron chi connectivity index (χ1n) is 6.71. The molecule has 0 radical (unpaired) electrons. The van der Waals surface area contributed by atoms with Crippen molar-refractivity contribution >= 4 is 11.9 Å². The Bertz CT molecular complexity index is 412. The van der Waals surface area contributed by atoms with E-state index in [2.05, 4.69) is 20.8 Å². The average molecular weight is 252 g/mol. The van der Waals surface area contributed by atoms with E-state index in [1.807, 2.05) is 13.8 Å². The molecule has 1 unspecified atom stereocenters. The van der Waals surface area contributed by atoms with Gasteiger partial charge in [-0.05, 0) is 53.4 Å². The summed E-state index contributed by atoms with van der Waals surface area (Å²) in [7, 11) is 0. The highest BCUT2D eigenvalue weighted by atomic mass is 16.4. The Hall–Kier alpha value is -1.06. The summed E-state index contributed by atoms with van der Waals surface area (Å²) < 4.78 is 0. The molecule has 102 valence electrons. The third-order valence-electron chi connectivity index (χ3n) is 4.53. The first-order chi connectivity index (χ1) is 8.07. The topological polar surface area (TPSA) is 52.9 Å². The van der Waals surface area contributed by atoms with Crippen LogP contribution in [0.15, 0.2) is 4.99 Å². The van der Waals surface area contributed by atoms with Crippen molar-refractivity contribution in [1.82, 2.24) is 4.90 Å². The number of rotatable bonds is 0. The van der Waals surface area contributed by atoms with Gasteiger partial charge in [0.2, 0.25) is 0 Å². The third kappa shape index (κ3) is 2.02. The number of carboxylic acid groups (broad SMARTS) is 1. The lowest BCUT2D eigenvalue weighted by atomic mass is 9.68. The Labute approximate surface area is 109 Å². The normalized spacial score (nSPS) is 33.6. The van der Waals surface area contributed by atoms with Gasteiger partial charge in [-0.3, -0.25) is 9.89 Å². The smallest absolute Gasteiger partial charge is 0.413 e. The number of piperidine rings is 1. The van der Waals surface area contributed by atoms with Crippen LogP contribution in [0.2, 0.25) is 0 Å². The van der Waals surface area contributed by atoms with Crippen molar-refractivity contribution in [1.29, 1.82) is 0 Å². The molecule has 1 saturated heterocycles. The first-order valence-corrected chi connectivity index (χ1v) is 6.71. The molecule has 2 aliphatic rings. The predicted molar refractivity (Wildman–Crippen MR) is 72.0 cm³/mol. The lowest BCUT2D eigenvalue weighted by Crippen LogP contribution is -2.61. The molecule has 0 bridgehead atoms. The summed E-state index contributed by atoms with van der Waals surface area (Å²) in [6, 6.07) is 0. The molecule has 4 nitrogen and oxygen atoms in total. The molecule has 1 fully saturated rings. The van der Waals surface area contributed by atoms with Gasteiger partial charge in [-0.15, -0.1) is 0 Å². The molecule has 4 heteroatoms. The number of fused-ring (bicyclic) bond motifs is 1. The Balaban J connectivity index is 2.52. The second-order valence-corrected chi connectivity index (χ2v) is 7.24. The highest BCUT2D eigenvalue weighted by Crippen LogP contribution is 2.47. The number of amides is 1. The lowest BCUT2D eigenvalue weighted by molar-refractivity contribution is 0.0888. The number of aliphatic imine (C=N–C) groups is 1. The van der Waals surface area contributed by atoms with E-state index >= 15 is 0 Å². The van der Waals surface area contributed by atoms with E-state index in [0.717, 1.165) is 31.5 Å². The van der Waals surface area contributed by atoms with Crippen LogP contribution >= 0.6 is 0 Å². The molecule has 1 amide bonds. The molecule has 2 rings (SSSR count). The largest absolute Gasteiger partial charge is 0.465 e. The Kier molecular flexibility index (Phi) is 2.76. The zero-order chi connectivity index (χ0) is 13.8. The van der Waals surface area contributed by atoms with Crippen molar-refractivity contribution in [3.8, 4) is 0 Å². The van der Waals surface area contributed by atoms with E-state index in [4.69, 9.17) is 4.99 Å². The van der Waals surface area contributed by atoms with Gasteiger partial charge in [0, 0.05) is 11.0 Å². The van der Waals surface area contributed by atoms with Crippen molar-refractivity contribution in [3.63, 3.8) is 0 Å². The molecule has 0 saturated carbocycles. The molecule has 1 atom stereocenters. The average Bonchev–Trinajstić information content (AvgIpc) is 2.19.